The number of ketones is 1. The Labute approximate surface area is 551 Å². The summed E-state index contributed by atoms with van der Waals surface area (Å²) in [6, 6.07) is 15.2. The molecule has 0 unspecified atom stereocenters. The van der Waals surface area contributed by atoms with Gasteiger partial charge in [0.05, 0.1) is 24.8 Å². The second kappa shape index (κ2) is 29.7. The number of carboxylic acid groups (broad SMARTS) is 1. The van der Waals surface area contributed by atoms with Crippen LogP contribution in [0.3, 0.4) is 0 Å². The van der Waals surface area contributed by atoms with Crippen LogP contribution in [0.15, 0.2) is 122 Å². The van der Waals surface area contributed by atoms with Gasteiger partial charge in [0.2, 0.25) is 21.8 Å². The van der Waals surface area contributed by atoms with Crippen molar-refractivity contribution in [3.05, 3.63) is 156 Å². The van der Waals surface area contributed by atoms with Gasteiger partial charge >= 0.3 is 24.7 Å². The number of Topliss-reactive ketones (excluding diaryl/α,β-unsaturated/α-hetero) is 1. The zero-order valence-corrected chi connectivity index (χ0v) is 53.7. The Kier molecular flexibility index (Phi) is 22.1. The summed E-state index contributed by atoms with van der Waals surface area (Å²) in [5, 5.41) is 13.4. The highest BCUT2D eigenvalue weighted by atomic mass is 32.2. The summed E-state index contributed by atoms with van der Waals surface area (Å²) in [5.41, 5.74) is 2.06. The average molecular weight is 1400 g/mol. The molecule has 4 aromatic carbocycles. The number of sulfone groups is 1. The summed E-state index contributed by atoms with van der Waals surface area (Å²) in [4.78, 5) is 103. The molecule has 0 spiro atoms. The summed E-state index contributed by atoms with van der Waals surface area (Å²) in [7, 11) is -6.70. The van der Waals surface area contributed by atoms with Gasteiger partial charge in [-0.3, -0.25) is 37.9 Å². The molecule has 4 aliphatic carbocycles. The molecule has 520 valence electrons. The van der Waals surface area contributed by atoms with Crippen LogP contribution in [0.2, 0.25) is 0 Å². The molecule has 33 heteroatoms. The Morgan fingerprint density at radius 3 is 1.28 bits per heavy atom. The zero-order valence-electron chi connectivity index (χ0n) is 52.0. The quantitative estimate of drug-likeness (QED) is 0.0852. The molecule has 23 nitrogen and oxygen atoms in total. The van der Waals surface area contributed by atoms with Crippen LogP contribution < -0.4 is 24.4 Å². The highest BCUT2D eigenvalue weighted by Crippen LogP contribution is 2.55. The van der Waals surface area contributed by atoms with Crippen molar-refractivity contribution in [2.24, 2.45) is 17.0 Å². The number of carbonyl (C=O) groups is 7. The molecule has 0 radical (unpaired) electrons. The van der Waals surface area contributed by atoms with Crippen LogP contribution in [0, 0.1) is 23.5 Å². The van der Waals surface area contributed by atoms with Crippen molar-refractivity contribution in [3.8, 4) is 11.5 Å². The molecule has 4 heterocycles. The molecular weight excluding hydrogens is 1330 g/mol. The van der Waals surface area contributed by atoms with Crippen molar-refractivity contribution < 1.29 is 100 Å². The normalized spacial score (nSPS) is 20.1. The number of alkyl halides is 6. The highest BCUT2D eigenvalue weighted by Gasteiger charge is 2.54. The van der Waals surface area contributed by atoms with E-state index in [1.54, 1.807) is 44.4 Å². The third-order valence-corrected chi connectivity index (χ3v) is 17.7. The van der Waals surface area contributed by atoms with Gasteiger partial charge in [0.15, 0.2) is 9.84 Å². The van der Waals surface area contributed by atoms with Crippen molar-refractivity contribution in [3.63, 3.8) is 0 Å². The topological polar surface area (TPSA) is 301 Å². The minimum absolute atomic E-state index is 0.0675. The molecule has 6 aromatic rings. The molecule has 6 aliphatic rings. The molecule has 4 fully saturated rings. The van der Waals surface area contributed by atoms with E-state index in [1.165, 1.54) is 82.5 Å². The van der Waals surface area contributed by atoms with Crippen molar-refractivity contribution in [1.29, 1.82) is 0 Å². The zero-order chi connectivity index (χ0) is 70.5. The van der Waals surface area contributed by atoms with E-state index in [0.717, 1.165) is 75.3 Å². The monoisotopic (exact) mass is 1400 g/mol. The molecule has 4 saturated carbocycles. The van der Waals surface area contributed by atoms with E-state index < -0.39 is 97.1 Å². The van der Waals surface area contributed by atoms with Crippen molar-refractivity contribution in [2.75, 3.05) is 28.1 Å². The van der Waals surface area contributed by atoms with Gasteiger partial charge in [-0.05, 0) is 136 Å². The smallest absolute Gasteiger partial charge is 0.481 e. The number of ether oxygens (including phenoxy) is 2. The molecule has 3 N–H and O–H groups in total. The molecule has 12 rings (SSSR count). The maximum absolute atomic E-state index is 14.7. The van der Waals surface area contributed by atoms with Gasteiger partial charge in [-0.1, -0.05) is 12.8 Å². The van der Waals surface area contributed by atoms with Crippen molar-refractivity contribution >= 4 is 72.6 Å². The lowest BCUT2D eigenvalue weighted by Gasteiger charge is -2.48. The average Bonchev–Trinajstić information content (AvgIpc) is 1.72. The fourth-order valence-corrected chi connectivity index (χ4v) is 13.8. The first-order chi connectivity index (χ1) is 45.6. The third kappa shape index (κ3) is 18.9. The van der Waals surface area contributed by atoms with E-state index in [2.05, 4.69) is 24.6 Å². The largest absolute Gasteiger partial charge is 0.573 e. The van der Waals surface area contributed by atoms with E-state index in [1.807, 2.05) is 0 Å². The number of benzene rings is 4. The van der Waals surface area contributed by atoms with Gasteiger partial charge in [0, 0.05) is 120 Å². The van der Waals surface area contributed by atoms with Crippen LogP contribution in [0.5, 0.6) is 11.5 Å². The summed E-state index contributed by atoms with van der Waals surface area (Å²) >= 11 is 0. The van der Waals surface area contributed by atoms with E-state index in [9.17, 15) is 85.5 Å². The lowest BCUT2D eigenvalue weighted by Crippen LogP contribution is -2.53. The second-order valence-electron chi connectivity index (χ2n) is 24.2. The SMILES string of the molecule is CS(=O)(=O)CC(=O)CCC(=O)N(C1CC1)[C@H]1c2cc(F)ccc2N(C(=O)c2ccc(OC(F)(F)F)cc2)[C@H]2CCC[C@H]21.CS(N)(=O)=O.O=C(O)CCC(=O)N(C1CC1)[C@H]1c2cc(F)ccc2N(C(=O)c2ccc(OC(F)(F)F)cc2)[C@H]2CCC[C@H]21.O=C(n1ccnc1)n1ccnc1. The maximum Gasteiger partial charge on any atom is 0.573 e. The number of aromatic nitrogens is 4. The van der Waals surface area contributed by atoms with Gasteiger partial charge in [0.25, 0.3) is 11.8 Å². The summed E-state index contributed by atoms with van der Waals surface area (Å²) in [5.74, 6) is -6.26. The van der Waals surface area contributed by atoms with Crippen LogP contribution in [-0.4, -0.2) is 147 Å². The number of fused-ring (bicyclic) bond motifs is 4. The standard InChI is InChI=1S/C29H30F4N2O6S.C27H26F4N2O5.C7H6N4O.CH5NO2S/c1-42(39,40)16-20(36)10-14-26(37)34(19-8-9-19)27-22-3-2-4-24(22)35(25-13-7-18(30)15-23(25)27)28(38)17-5-11-21(12-6-17)41-29(31,32)33;28-16-6-11-22-20(14-16)25(32(17-7-8-17)23(34)12-13-24(35)36)19-2-1-3-21(19)33(22)26(37)15-4-9-18(10-5-15)38-27(29,30)31;12-7(10-3-1-8-5-10)11-4-2-9-6-11;1-5(2,3)4/h5-7,11-13,15,19,22,24,27H,2-4,8-10,14,16H2,1H3;4-6,9-11,14,17,19,21,25H,1-3,7-8,12-13H2,(H,35,36);1-6H;1H3,(H2,2,3,4)/t22-,24+,27-;19-,21+,25-;;/m11../s1. The number of nitrogens with zero attached hydrogens (tertiary/aromatic N) is 8. The summed E-state index contributed by atoms with van der Waals surface area (Å²) in [6.07, 6.45) is 7.53. The lowest BCUT2D eigenvalue weighted by molar-refractivity contribution is -0.275. The number of nitrogens with two attached hydrogens (primary N) is 1. The molecule has 0 bridgehead atoms. The van der Waals surface area contributed by atoms with Gasteiger partial charge in [-0.25, -0.2) is 45.5 Å². The molecule has 97 heavy (non-hydrogen) atoms. The minimum atomic E-state index is -4.88. The number of hydrogen-bond donors (Lipinski definition) is 2. The van der Waals surface area contributed by atoms with Crippen LogP contribution in [0.1, 0.15) is 134 Å². The number of imidazole rings is 2. The van der Waals surface area contributed by atoms with Crippen LogP contribution in [-0.2, 0) is 39.0 Å². The fraction of sp³-hybridized carbons (Fsp3) is 0.422. The first-order valence-corrected chi connectivity index (χ1v) is 34.6. The first-order valence-electron chi connectivity index (χ1n) is 30.6. The van der Waals surface area contributed by atoms with Crippen LogP contribution in [0.4, 0.5) is 51.3 Å². The number of rotatable bonds is 16. The number of aliphatic carboxylic acids is 1. The lowest BCUT2D eigenvalue weighted by atomic mass is 9.81. The third-order valence-electron chi connectivity index (χ3n) is 16.9. The molecule has 6 atom stereocenters. The molecular formula is C64H67F8N9O14S2. The Morgan fingerprint density at radius 2 is 0.948 bits per heavy atom. The molecule has 0 saturated heterocycles. The Balaban J connectivity index is 0.000000183. The predicted molar refractivity (Wildman–Crippen MR) is 331 cm³/mol. The van der Waals surface area contributed by atoms with Crippen molar-refractivity contribution in [1.82, 2.24) is 28.9 Å². The Bertz CT molecular complexity index is 4060. The number of sulfonamides is 1. The summed E-state index contributed by atoms with van der Waals surface area (Å²) in [6.45, 7) is 0. The van der Waals surface area contributed by atoms with Gasteiger partial charge in [-0.15, -0.1) is 26.3 Å². The highest BCUT2D eigenvalue weighted by molar-refractivity contribution is 7.91. The predicted octanol–water partition coefficient (Wildman–Crippen LogP) is 9.93. The van der Waals surface area contributed by atoms with Crippen LogP contribution in [0.25, 0.3) is 0 Å². The van der Waals surface area contributed by atoms with Gasteiger partial charge in [-0.2, -0.15) is 0 Å². The second-order valence-corrected chi connectivity index (χ2v) is 28.0. The molecule has 2 aliphatic heterocycles. The van der Waals surface area contributed by atoms with Crippen molar-refractivity contribution in [2.45, 2.75) is 139 Å². The number of halogens is 8. The van der Waals surface area contributed by atoms with Gasteiger partial charge in [0.1, 0.15) is 47.3 Å². The number of hydrogen-bond acceptors (Lipinski definition) is 15. The number of primary sulfonamides is 1. The molecule has 4 amide bonds. The van der Waals surface area contributed by atoms with E-state index in [-0.39, 0.29) is 90.7 Å². The number of carbonyl (C=O) groups excluding carboxylic acids is 6. The maximum atomic E-state index is 14.7. The number of carboxylic acids is 1. The summed E-state index contributed by atoms with van der Waals surface area (Å²) < 4.78 is 157. The Hall–Kier alpha value is -9.11. The number of amides is 4. The van der Waals surface area contributed by atoms with E-state index in [4.69, 9.17) is 5.11 Å². The molecule has 2 aromatic heterocycles. The van der Waals surface area contributed by atoms with Gasteiger partial charge < -0.3 is 34.2 Å². The number of anilines is 2. The Morgan fingerprint density at radius 1 is 0.567 bits per heavy atom. The van der Waals surface area contributed by atoms with E-state index >= 15 is 0 Å². The first kappa shape index (κ1) is 72.2. The van der Waals surface area contributed by atoms with E-state index in [0.29, 0.717) is 48.2 Å². The fourth-order valence-electron chi connectivity index (χ4n) is 13.0. The minimum Gasteiger partial charge on any atom is -0.481 e. The van der Waals surface area contributed by atoms with Crippen LogP contribution >= 0.6 is 0 Å².